The number of anilines is 1. The summed E-state index contributed by atoms with van der Waals surface area (Å²) in [5.41, 5.74) is 4.41. The number of hydrogen-bond donors (Lipinski definition) is 1. The van der Waals surface area contributed by atoms with Crippen LogP contribution < -0.4 is 5.32 Å². The monoisotopic (exact) mass is 299 g/mol. The molecule has 2 aromatic carbocycles. The minimum absolute atomic E-state index is 0.0329. The van der Waals surface area contributed by atoms with Gasteiger partial charge in [-0.3, -0.25) is 4.79 Å². The molecule has 0 aliphatic carbocycles. The molecule has 21 heavy (non-hydrogen) atoms. The van der Waals surface area contributed by atoms with Gasteiger partial charge in [0.2, 0.25) is 5.91 Å². The number of nitrogens with one attached hydrogen (secondary N) is 1. The van der Waals surface area contributed by atoms with Crippen LogP contribution in [0.1, 0.15) is 23.6 Å². The summed E-state index contributed by atoms with van der Waals surface area (Å²) in [7, 11) is 0. The van der Waals surface area contributed by atoms with E-state index in [-0.39, 0.29) is 11.2 Å². The fraction of sp³-hybridized carbons (Fsp3) is 0.278. The van der Waals surface area contributed by atoms with E-state index >= 15 is 0 Å². The zero-order valence-electron chi connectivity index (χ0n) is 12.9. The Morgan fingerprint density at radius 1 is 0.952 bits per heavy atom. The fourth-order valence-corrected chi connectivity index (χ4v) is 3.03. The maximum Gasteiger partial charge on any atom is 0.237 e. The van der Waals surface area contributed by atoms with Crippen molar-refractivity contribution in [2.24, 2.45) is 0 Å². The molecule has 1 amide bonds. The summed E-state index contributed by atoms with van der Waals surface area (Å²) in [5.74, 6) is 0.0329. The molecule has 0 aliphatic heterocycles. The van der Waals surface area contributed by atoms with Crippen LogP contribution >= 0.6 is 11.8 Å². The van der Waals surface area contributed by atoms with E-state index in [1.54, 1.807) is 11.8 Å². The lowest BCUT2D eigenvalue weighted by Crippen LogP contribution is -2.22. The van der Waals surface area contributed by atoms with Crippen LogP contribution in [0.5, 0.6) is 0 Å². The second-order valence-corrected chi connectivity index (χ2v) is 6.85. The molecule has 0 spiro atoms. The Labute approximate surface area is 131 Å². The van der Waals surface area contributed by atoms with Gasteiger partial charge >= 0.3 is 0 Å². The van der Waals surface area contributed by atoms with E-state index in [2.05, 4.69) is 42.6 Å². The number of thioether (sulfide) groups is 1. The number of benzene rings is 2. The molecule has 110 valence electrons. The van der Waals surface area contributed by atoms with Crippen molar-refractivity contribution in [3.05, 3.63) is 59.2 Å². The molecule has 0 bridgehead atoms. The summed E-state index contributed by atoms with van der Waals surface area (Å²) in [6.07, 6.45) is 0. The Kier molecular flexibility index (Phi) is 5.07. The van der Waals surface area contributed by atoms with Gasteiger partial charge in [-0.05, 0) is 63.1 Å². The highest BCUT2D eigenvalue weighted by Gasteiger charge is 2.14. The van der Waals surface area contributed by atoms with Gasteiger partial charge in [-0.1, -0.05) is 23.8 Å². The van der Waals surface area contributed by atoms with Gasteiger partial charge < -0.3 is 5.32 Å². The van der Waals surface area contributed by atoms with Crippen molar-refractivity contribution in [1.29, 1.82) is 0 Å². The van der Waals surface area contributed by atoms with Crippen LogP contribution in [0.15, 0.2) is 47.4 Å². The van der Waals surface area contributed by atoms with Crippen LogP contribution in [-0.2, 0) is 4.79 Å². The number of carbonyl (C=O) groups excluding carboxylic acids is 1. The van der Waals surface area contributed by atoms with E-state index in [0.29, 0.717) is 0 Å². The highest BCUT2D eigenvalue weighted by molar-refractivity contribution is 8.00. The first-order chi connectivity index (χ1) is 9.94. The number of carbonyl (C=O) groups is 1. The average molecular weight is 299 g/mol. The molecule has 3 heteroatoms. The van der Waals surface area contributed by atoms with E-state index in [4.69, 9.17) is 0 Å². The Morgan fingerprint density at radius 2 is 1.52 bits per heavy atom. The normalized spacial score (nSPS) is 12.0. The van der Waals surface area contributed by atoms with Gasteiger partial charge in [0.05, 0.1) is 5.25 Å². The first kappa shape index (κ1) is 15.6. The minimum Gasteiger partial charge on any atom is -0.325 e. The summed E-state index contributed by atoms with van der Waals surface area (Å²) in [6, 6.07) is 14.3. The lowest BCUT2D eigenvalue weighted by Gasteiger charge is -2.13. The van der Waals surface area contributed by atoms with Gasteiger partial charge in [0.1, 0.15) is 0 Å². The predicted octanol–water partition coefficient (Wildman–Crippen LogP) is 4.73. The number of amides is 1. The molecule has 0 saturated carbocycles. The second-order valence-electron chi connectivity index (χ2n) is 5.44. The average Bonchev–Trinajstić information content (AvgIpc) is 2.40. The zero-order chi connectivity index (χ0) is 15.4. The first-order valence-corrected chi connectivity index (χ1v) is 7.94. The smallest absolute Gasteiger partial charge is 0.237 e. The molecule has 0 radical (unpaired) electrons. The van der Waals surface area contributed by atoms with Gasteiger partial charge in [0, 0.05) is 10.6 Å². The highest BCUT2D eigenvalue weighted by atomic mass is 32.2. The maximum absolute atomic E-state index is 12.3. The van der Waals surface area contributed by atoms with Gasteiger partial charge in [0.25, 0.3) is 0 Å². The van der Waals surface area contributed by atoms with Crippen LogP contribution in [-0.4, -0.2) is 11.2 Å². The third kappa shape index (κ3) is 4.64. The van der Waals surface area contributed by atoms with Crippen molar-refractivity contribution >= 4 is 23.4 Å². The summed E-state index contributed by atoms with van der Waals surface area (Å²) >= 11 is 1.58. The molecule has 1 N–H and O–H groups in total. The third-order valence-electron chi connectivity index (χ3n) is 3.19. The number of hydrogen-bond acceptors (Lipinski definition) is 2. The molecule has 2 rings (SSSR count). The SMILES string of the molecule is Cc1ccc(S[C@H](C)C(=O)Nc2cc(C)cc(C)c2)cc1. The Hall–Kier alpha value is -1.74. The molecule has 1 atom stereocenters. The Bertz CT molecular complexity index is 614. The van der Waals surface area contributed by atoms with Crippen molar-refractivity contribution in [1.82, 2.24) is 0 Å². The lowest BCUT2D eigenvalue weighted by molar-refractivity contribution is -0.115. The van der Waals surface area contributed by atoms with E-state index in [0.717, 1.165) is 21.7 Å². The van der Waals surface area contributed by atoms with Crippen LogP contribution in [0.3, 0.4) is 0 Å². The summed E-state index contributed by atoms with van der Waals surface area (Å²) in [6.45, 7) is 8.06. The van der Waals surface area contributed by atoms with Crippen LogP contribution in [0.2, 0.25) is 0 Å². The van der Waals surface area contributed by atoms with Gasteiger partial charge in [-0.2, -0.15) is 0 Å². The van der Waals surface area contributed by atoms with Crippen LogP contribution in [0, 0.1) is 20.8 Å². The number of rotatable bonds is 4. The van der Waals surface area contributed by atoms with E-state index in [9.17, 15) is 4.79 Å². The molecule has 2 aromatic rings. The second kappa shape index (κ2) is 6.81. The topological polar surface area (TPSA) is 29.1 Å². The Morgan fingerprint density at radius 3 is 2.10 bits per heavy atom. The molecule has 0 fully saturated rings. The van der Waals surface area contributed by atoms with Gasteiger partial charge in [0.15, 0.2) is 0 Å². The van der Waals surface area contributed by atoms with Gasteiger partial charge in [-0.15, -0.1) is 11.8 Å². The summed E-state index contributed by atoms with van der Waals surface area (Å²) in [4.78, 5) is 13.4. The van der Waals surface area contributed by atoms with Crippen molar-refractivity contribution in [2.75, 3.05) is 5.32 Å². The summed E-state index contributed by atoms with van der Waals surface area (Å²) < 4.78 is 0. The molecular formula is C18H21NOS. The standard InChI is InChI=1S/C18H21NOS/c1-12-5-7-17(8-6-12)21-15(4)18(20)19-16-10-13(2)9-14(3)11-16/h5-11,15H,1-4H3,(H,19,20)/t15-/m1/s1. The van der Waals surface area contributed by atoms with Crippen molar-refractivity contribution in [3.63, 3.8) is 0 Å². The van der Waals surface area contributed by atoms with E-state index in [1.165, 1.54) is 5.56 Å². The van der Waals surface area contributed by atoms with Crippen molar-refractivity contribution in [2.45, 2.75) is 37.8 Å². The first-order valence-electron chi connectivity index (χ1n) is 7.06. The van der Waals surface area contributed by atoms with Crippen molar-refractivity contribution < 1.29 is 4.79 Å². The number of aryl methyl sites for hydroxylation is 3. The molecule has 2 nitrogen and oxygen atoms in total. The van der Waals surface area contributed by atoms with Crippen LogP contribution in [0.4, 0.5) is 5.69 Å². The van der Waals surface area contributed by atoms with E-state index in [1.807, 2.05) is 32.9 Å². The maximum atomic E-state index is 12.3. The molecule has 0 saturated heterocycles. The van der Waals surface area contributed by atoms with Crippen LogP contribution in [0.25, 0.3) is 0 Å². The molecule has 0 aromatic heterocycles. The van der Waals surface area contributed by atoms with Crippen molar-refractivity contribution in [3.8, 4) is 0 Å². The molecule has 0 aliphatic rings. The third-order valence-corrected chi connectivity index (χ3v) is 4.30. The lowest BCUT2D eigenvalue weighted by atomic mass is 10.1. The summed E-state index contributed by atoms with van der Waals surface area (Å²) in [5, 5.41) is 2.86. The zero-order valence-corrected chi connectivity index (χ0v) is 13.8. The molecular weight excluding hydrogens is 278 g/mol. The Balaban J connectivity index is 2.00. The molecule has 0 unspecified atom stereocenters. The minimum atomic E-state index is -0.131. The van der Waals surface area contributed by atoms with E-state index < -0.39 is 0 Å². The predicted molar refractivity (Wildman–Crippen MR) is 91.0 cm³/mol. The fourth-order valence-electron chi connectivity index (χ4n) is 2.17. The van der Waals surface area contributed by atoms with Gasteiger partial charge in [-0.25, -0.2) is 0 Å². The molecule has 0 heterocycles. The highest BCUT2D eigenvalue weighted by Crippen LogP contribution is 2.24. The largest absolute Gasteiger partial charge is 0.325 e. The quantitative estimate of drug-likeness (QED) is 0.827.